The van der Waals surface area contributed by atoms with Gasteiger partial charge in [-0.25, -0.2) is 0 Å². The Morgan fingerprint density at radius 1 is 1.06 bits per heavy atom. The molecule has 0 rings (SSSR count). The Labute approximate surface area is 102 Å². The molecule has 0 heteroatoms. The van der Waals surface area contributed by atoms with E-state index in [1.807, 2.05) is 6.08 Å². The summed E-state index contributed by atoms with van der Waals surface area (Å²) < 4.78 is 0. The largest absolute Gasteiger partial charge is 0.103 e. The lowest BCUT2D eigenvalue weighted by Gasteiger charge is -2.09. The molecule has 1 atom stereocenters. The zero-order valence-electron chi connectivity index (χ0n) is 11.1. The topological polar surface area (TPSA) is 0 Å². The maximum absolute atomic E-state index is 3.75. The molecule has 0 saturated heterocycles. The second-order valence-electron chi connectivity index (χ2n) is 4.36. The summed E-state index contributed by atoms with van der Waals surface area (Å²) in [5, 5.41) is 0. The van der Waals surface area contributed by atoms with Crippen LogP contribution in [0, 0.1) is 5.92 Å². The Morgan fingerprint density at radius 2 is 1.81 bits per heavy atom. The van der Waals surface area contributed by atoms with Gasteiger partial charge in [0, 0.05) is 0 Å². The summed E-state index contributed by atoms with van der Waals surface area (Å²) in [5.41, 5.74) is 0. The first-order valence-corrected chi connectivity index (χ1v) is 6.75. The molecule has 0 N–H and O–H groups in total. The fourth-order valence-electron chi connectivity index (χ4n) is 1.82. The fourth-order valence-corrected chi connectivity index (χ4v) is 1.82. The van der Waals surface area contributed by atoms with Crippen LogP contribution in [-0.4, -0.2) is 0 Å². The maximum atomic E-state index is 3.75. The normalized spacial score (nSPS) is 13.6. The van der Waals surface area contributed by atoms with Crippen LogP contribution in [0.5, 0.6) is 0 Å². The van der Waals surface area contributed by atoms with Crippen molar-refractivity contribution in [1.29, 1.82) is 0 Å². The number of allylic oxidation sites excluding steroid dienone is 5. The lowest BCUT2D eigenvalue weighted by atomic mass is 9.97. The second kappa shape index (κ2) is 12.3. The number of hydrogen-bond donors (Lipinski definition) is 0. The Bertz CT molecular complexity index is 198. The van der Waals surface area contributed by atoms with E-state index in [2.05, 4.69) is 44.7 Å². The van der Waals surface area contributed by atoms with Crippen LogP contribution < -0.4 is 0 Å². The van der Waals surface area contributed by atoms with E-state index in [0.717, 1.165) is 5.92 Å². The van der Waals surface area contributed by atoms with E-state index in [9.17, 15) is 0 Å². The Hall–Kier alpha value is -0.780. The van der Waals surface area contributed by atoms with Crippen LogP contribution in [0.25, 0.3) is 0 Å². The lowest BCUT2D eigenvalue weighted by molar-refractivity contribution is 0.515. The quantitative estimate of drug-likeness (QED) is 0.253. The molecule has 0 aliphatic carbocycles. The average molecular weight is 220 g/mol. The van der Waals surface area contributed by atoms with Gasteiger partial charge in [0.1, 0.15) is 0 Å². The van der Waals surface area contributed by atoms with Gasteiger partial charge in [-0.05, 0) is 38.5 Å². The highest BCUT2D eigenvalue weighted by molar-refractivity contribution is 5.02. The molecule has 0 spiro atoms. The van der Waals surface area contributed by atoms with Crippen LogP contribution in [0.4, 0.5) is 0 Å². The maximum Gasteiger partial charge on any atom is -0.0233 e. The van der Waals surface area contributed by atoms with Gasteiger partial charge in [0.2, 0.25) is 0 Å². The van der Waals surface area contributed by atoms with Crippen LogP contribution in [-0.2, 0) is 0 Å². The molecule has 0 nitrogen and oxygen atoms in total. The predicted octanol–water partition coefficient (Wildman–Crippen LogP) is 5.67. The highest BCUT2D eigenvalue weighted by atomic mass is 14.1. The summed E-state index contributed by atoms with van der Waals surface area (Å²) in [4.78, 5) is 0. The number of rotatable bonds is 10. The second-order valence-corrected chi connectivity index (χ2v) is 4.36. The van der Waals surface area contributed by atoms with Crippen LogP contribution in [0.15, 0.2) is 37.0 Å². The first-order valence-electron chi connectivity index (χ1n) is 6.75. The van der Waals surface area contributed by atoms with Gasteiger partial charge >= 0.3 is 0 Å². The van der Waals surface area contributed by atoms with E-state index in [4.69, 9.17) is 0 Å². The van der Waals surface area contributed by atoms with Crippen LogP contribution in [0.3, 0.4) is 0 Å². The van der Waals surface area contributed by atoms with E-state index < -0.39 is 0 Å². The first-order chi connectivity index (χ1) is 7.85. The van der Waals surface area contributed by atoms with Gasteiger partial charge < -0.3 is 0 Å². The minimum atomic E-state index is 0.774. The molecule has 0 aliphatic rings. The third-order valence-electron chi connectivity index (χ3n) is 2.94. The molecule has 0 saturated carbocycles. The highest BCUT2D eigenvalue weighted by Gasteiger charge is 2.00. The smallest absolute Gasteiger partial charge is 0.0233 e. The standard InChI is InChI=1S/C16H28/c1-4-7-9-10-11-13-15-16(6-3)14-12-8-5-2/h4-5,8,12,14,16H,1,6-7,9-11,13,15H2,2-3H3/b8-5-,14-12-. The highest BCUT2D eigenvalue weighted by Crippen LogP contribution is 2.16. The molecule has 1 unspecified atom stereocenters. The van der Waals surface area contributed by atoms with Crippen molar-refractivity contribution in [2.45, 2.75) is 58.8 Å². The van der Waals surface area contributed by atoms with Crippen molar-refractivity contribution in [3.63, 3.8) is 0 Å². The minimum Gasteiger partial charge on any atom is -0.103 e. The van der Waals surface area contributed by atoms with Crippen molar-refractivity contribution in [2.24, 2.45) is 5.92 Å². The Kier molecular flexibility index (Phi) is 11.7. The third kappa shape index (κ3) is 9.76. The van der Waals surface area contributed by atoms with Gasteiger partial charge in [-0.3, -0.25) is 0 Å². The van der Waals surface area contributed by atoms with E-state index in [-0.39, 0.29) is 0 Å². The van der Waals surface area contributed by atoms with Crippen molar-refractivity contribution < 1.29 is 0 Å². The SMILES string of the molecule is C=CCCCCCCC(/C=C\C=C/C)CC. The van der Waals surface area contributed by atoms with E-state index in [0.29, 0.717) is 0 Å². The van der Waals surface area contributed by atoms with Gasteiger partial charge in [-0.2, -0.15) is 0 Å². The summed E-state index contributed by atoms with van der Waals surface area (Å²) in [6.07, 6.45) is 20.0. The molecule has 92 valence electrons. The molecule has 0 fully saturated rings. The fraction of sp³-hybridized carbons (Fsp3) is 0.625. The zero-order valence-corrected chi connectivity index (χ0v) is 11.1. The van der Waals surface area contributed by atoms with Crippen LogP contribution in [0.2, 0.25) is 0 Å². The zero-order chi connectivity index (χ0) is 12.1. The van der Waals surface area contributed by atoms with Crippen molar-refractivity contribution >= 4 is 0 Å². The summed E-state index contributed by atoms with van der Waals surface area (Å²) in [6.45, 7) is 8.09. The van der Waals surface area contributed by atoms with Crippen molar-refractivity contribution in [1.82, 2.24) is 0 Å². The van der Waals surface area contributed by atoms with Gasteiger partial charge in [-0.1, -0.05) is 56.6 Å². The summed E-state index contributed by atoms with van der Waals surface area (Å²) >= 11 is 0. The Balaban J connectivity index is 3.51. The molecule has 0 heterocycles. The molecule has 0 aromatic carbocycles. The van der Waals surface area contributed by atoms with Crippen molar-refractivity contribution in [2.75, 3.05) is 0 Å². The molecule has 0 radical (unpaired) electrons. The van der Waals surface area contributed by atoms with E-state index >= 15 is 0 Å². The summed E-state index contributed by atoms with van der Waals surface area (Å²) in [6, 6.07) is 0. The molecule has 0 aliphatic heterocycles. The van der Waals surface area contributed by atoms with E-state index in [1.165, 1.54) is 44.9 Å². The Morgan fingerprint density at radius 3 is 2.44 bits per heavy atom. The third-order valence-corrected chi connectivity index (χ3v) is 2.94. The monoisotopic (exact) mass is 220 g/mol. The van der Waals surface area contributed by atoms with E-state index in [1.54, 1.807) is 0 Å². The van der Waals surface area contributed by atoms with Gasteiger partial charge in [0.25, 0.3) is 0 Å². The predicted molar refractivity (Wildman–Crippen MR) is 75.6 cm³/mol. The first kappa shape index (κ1) is 15.2. The molecule has 0 bridgehead atoms. The van der Waals surface area contributed by atoms with Crippen LogP contribution in [0.1, 0.15) is 58.8 Å². The lowest BCUT2D eigenvalue weighted by Crippen LogP contribution is -1.94. The molecular weight excluding hydrogens is 192 g/mol. The number of hydrogen-bond acceptors (Lipinski definition) is 0. The van der Waals surface area contributed by atoms with Crippen molar-refractivity contribution in [3.8, 4) is 0 Å². The molecular formula is C16H28. The summed E-state index contributed by atoms with van der Waals surface area (Å²) in [7, 11) is 0. The van der Waals surface area contributed by atoms with Crippen LogP contribution >= 0.6 is 0 Å². The number of unbranched alkanes of at least 4 members (excludes halogenated alkanes) is 4. The van der Waals surface area contributed by atoms with Gasteiger partial charge in [-0.15, -0.1) is 6.58 Å². The minimum absolute atomic E-state index is 0.774. The molecule has 16 heavy (non-hydrogen) atoms. The summed E-state index contributed by atoms with van der Waals surface area (Å²) in [5.74, 6) is 0.774. The van der Waals surface area contributed by atoms with Gasteiger partial charge in [0.05, 0.1) is 0 Å². The average Bonchev–Trinajstić information content (AvgIpc) is 2.31. The van der Waals surface area contributed by atoms with Gasteiger partial charge in [0.15, 0.2) is 0 Å². The molecule has 0 aromatic heterocycles. The molecule has 0 amide bonds. The van der Waals surface area contributed by atoms with Crippen molar-refractivity contribution in [3.05, 3.63) is 37.0 Å². The molecule has 0 aromatic rings.